The van der Waals surface area contributed by atoms with Crippen LogP contribution in [0.15, 0.2) is 35.9 Å². The summed E-state index contributed by atoms with van der Waals surface area (Å²) in [5, 5.41) is 3.60. The van der Waals surface area contributed by atoms with Crippen LogP contribution < -0.4 is 10.2 Å². The molecule has 3 heteroatoms. The Hall–Kier alpha value is -1.77. The van der Waals surface area contributed by atoms with Gasteiger partial charge in [-0.1, -0.05) is 17.7 Å². The Morgan fingerprint density at radius 2 is 2.20 bits per heavy atom. The number of anilines is 2. The van der Waals surface area contributed by atoms with Gasteiger partial charge < -0.3 is 10.2 Å². The summed E-state index contributed by atoms with van der Waals surface area (Å²) in [5.41, 5.74) is 3.65. The minimum atomic E-state index is 0.248. The van der Waals surface area contributed by atoms with E-state index in [0.29, 0.717) is 12.5 Å². The highest BCUT2D eigenvalue weighted by atomic mass is 16.2. The maximum Gasteiger partial charge on any atom is 0.227 e. The Kier molecular flexibility index (Phi) is 3.77. The standard InChI is InChI=1S/C17H22N2O/c1-13-7-9-14(10-8-13)18-15-4-2-5-16(12-15)19-11-3-6-17(19)20/h2,4-5,7,12,14,18H,3,6,8-11H2,1H3. The second-order valence-electron chi connectivity index (χ2n) is 5.87. The summed E-state index contributed by atoms with van der Waals surface area (Å²) in [4.78, 5) is 13.7. The van der Waals surface area contributed by atoms with Crippen LogP contribution in [0.25, 0.3) is 0 Å². The van der Waals surface area contributed by atoms with Crippen molar-refractivity contribution in [3.05, 3.63) is 35.9 Å². The molecule has 2 aliphatic rings. The molecule has 106 valence electrons. The van der Waals surface area contributed by atoms with Crippen molar-refractivity contribution in [3.63, 3.8) is 0 Å². The lowest BCUT2D eigenvalue weighted by Gasteiger charge is -2.24. The molecule has 0 bridgehead atoms. The Morgan fingerprint density at radius 1 is 1.30 bits per heavy atom. The predicted octanol–water partition coefficient (Wildman–Crippen LogP) is 3.72. The first kappa shape index (κ1) is 13.2. The van der Waals surface area contributed by atoms with Crippen LogP contribution in [0.2, 0.25) is 0 Å². The number of nitrogens with one attached hydrogen (secondary N) is 1. The van der Waals surface area contributed by atoms with Crippen molar-refractivity contribution in [2.45, 2.75) is 45.1 Å². The zero-order valence-electron chi connectivity index (χ0n) is 12.1. The van der Waals surface area contributed by atoms with Crippen molar-refractivity contribution in [3.8, 4) is 0 Å². The molecule has 0 aromatic heterocycles. The predicted molar refractivity (Wildman–Crippen MR) is 83.0 cm³/mol. The highest BCUT2D eigenvalue weighted by Crippen LogP contribution is 2.26. The van der Waals surface area contributed by atoms with Crippen molar-refractivity contribution in [1.82, 2.24) is 0 Å². The molecule has 1 aliphatic heterocycles. The van der Waals surface area contributed by atoms with E-state index in [4.69, 9.17) is 0 Å². The normalized spacial score (nSPS) is 22.9. The van der Waals surface area contributed by atoms with E-state index in [9.17, 15) is 4.79 Å². The molecule has 1 aromatic rings. The van der Waals surface area contributed by atoms with Crippen LogP contribution in [0.1, 0.15) is 39.0 Å². The van der Waals surface area contributed by atoms with Gasteiger partial charge in [0.25, 0.3) is 0 Å². The fraction of sp³-hybridized carbons (Fsp3) is 0.471. The lowest BCUT2D eigenvalue weighted by molar-refractivity contribution is -0.117. The van der Waals surface area contributed by atoms with Gasteiger partial charge in [-0.05, 0) is 50.8 Å². The van der Waals surface area contributed by atoms with Crippen LogP contribution in [0.3, 0.4) is 0 Å². The van der Waals surface area contributed by atoms with E-state index in [1.807, 2.05) is 17.0 Å². The molecule has 1 atom stereocenters. The van der Waals surface area contributed by atoms with Gasteiger partial charge in [-0.3, -0.25) is 4.79 Å². The van der Waals surface area contributed by atoms with E-state index in [-0.39, 0.29) is 5.91 Å². The smallest absolute Gasteiger partial charge is 0.227 e. The summed E-state index contributed by atoms with van der Waals surface area (Å²) < 4.78 is 0. The van der Waals surface area contributed by atoms with E-state index >= 15 is 0 Å². The Bertz CT molecular complexity index is 536. The molecule has 1 unspecified atom stereocenters. The molecule has 3 nitrogen and oxygen atoms in total. The van der Waals surface area contributed by atoms with Gasteiger partial charge in [0.1, 0.15) is 0 Å². The summed E-state index contributed by atoms with van der Waals surface area (Å²) in [6.45, 7) is 3.06. The number of amides is 1. The third-order valence-electron chi connectivity index (χ3n) is 4.24. The van der Waals surface area contributed by atoms with Crippen molar-refractivity contribution >= 4 is 17.3 Å². The summed E-state index contributed by atoms with van der Waals surface area (Å²) in [6.07, 6.45) is 7.46. The van der Waals surface area contributed by atoms with E-state index < -0.39 is 0 Å². The number of hydrogen-bond acceptors (Lipinski definition) is 2. The van der Waals surface area contributed by atoms with Crippen molar-refractivity contribution in [2.24, 2.45) is 0 Å². The van der Waals surface area contributed by atoms with Gasteiger partial charge in [-0.15, -0.1) is 0 Å². The molecule has 1 saturated heterocycles. The van der Waals surface area contributed by atoms with Gasteiger partial charge in [0.2, 0.25) is 5.91 Å². The second kappa shape index (κ2) is 5.70. The number of benzene rings is 1. The zero-order chi connectivity index (χ0) is 13.9. The first-order valence-corrected chi connectivity index (χ1v) is 7.55. The number of hydrogen-bond donors (Lipinski definition) is 1. The highest BCUT2D eigenvalue weighted by Gasteiger charge is 2.22. The summed E-state index contributed by atoms with van der Waals surface area (Å²) >= 11 is 0. The molecule has 3 rings (SSSR count). The van der Waals surface area contributed by atoms with E-state index in [1.54, 1.807) is 0 Å². The van der Waals surface area contributed by atoms with Crippen LogP contribution in [0.4, 0.5) is 11.4 Å². The molecule has 0 radical (unpaired) electrons. The molecule has 0 spiro atoms. The average molecular weight is 270 g/mol. The highest BCUT2D eigenvalue weighted by molar-refractivity contribution is 5.95. The van der Waals surface area contributed by atoms with Gasteiger partial charge >= 0.3 is 0 Å². The maximum absolute atomic E-state index is 11.8. The Balaban J connectivity index is 1.70. The number of allylic oxidation sites excluding steroid dienone is 1. The van der Waals surface area contributed by atoms with Gasteiger partial charge in [0, 0.05) is 30.4 Å². The molecule has 1 amide bonds. The second-order valence-corrected chi connectivity index (χ2v) is 5.87. The largest absolute Gasteiger partial charge is 0.382 e. The first-order chi connectivity index (χ1) is 9.72. The average Bonchev–Trinajstić information content (AvgIpc) is 2.88. The van der Waals surface area contributed by atoms with E-state index in [1.165, 1.54) is 18.4 Å². The molecule has 1 heterocycles. The number of carbonyl (C=O) groups excluding carboxylic acids is 1. The van der Waals surface area contributed by atoms with Crippen LogP contribution in [-0.2, 0) is 4.79 Å². The van der Waals surface area contributed by atoms with Crippen LogP contribution >= 0.6 is 0 Å². The third kappa shape index (κ3) is 2.87. The van der Waals surface area contributed by atoms with Crippen molar-refractivity contribution < 1.29 is 4.79 Å². The maximum atomic E-state index is 11.8. The quantitative estimate of drug-likeness (QED) is 0.849. The van der Waals surface area contributed by atoms with Crippen LogP contribution in [-0.4, -0.2) is 18.5 Å². The minimum Gasteiger partial charge on any atom is -0.382 e. The van der Waals surface area contributed by atoms with Crippen molar-refractivity contribution in [1.29, 1.82) is 0 Å². The van der Waals surface area contributed by atoms with Crippen molar-refractivity contribution in [2.75, 3.05) is 16.8 Å². The minimum absolute atomic E-state index is 0.248. The topological polar surface area (TPSA) is 32.3 Å². The molecular formula is C17H22N2O. The molecule has 1 N–H and O–H groups in total. The Labute approximate surface area is 120 Å². The Morgan fingerprint density at radius 3 is 2.90 bits per heavy atom. The van der Waals surface area contributed by atoms with E-state index in [0.717, 1.165) is 30.8 Å². The molecule has 1 aliphatic carbocycles. The fourth-order valence-electron chi connectivity index (χ4n) is 3.02. The lowest BCUT2D eigenvalue weighted by atomic mass is 9.96. The van der Waals surface area contributed by atoms with Gasteiger partial charge in [-0.25, -0.2) is 0 Å². The van der Waals surface area contributed by atoms with Crippen LogP contribution in [0, 0.1) is 0 Å². The molecule has 1 aromatic carbocycles. The summed E-state index contributed by atoms with van der Waals surface area (Å²) in [5.74, 6) is 0.248. The van der Waals surface area contributed by atoms with E-state index in [2.05, 4.69) is 30.4 Å². The molecule has 20 heavy (non-hydrogen) atoms. The number of nitrogens with zero attached hydrogens (tertiary/aromatic N) is 1. The van der Waals surface area contributed by atoms with Gasteiger partial charge in [0.15, 0.2) is 0 Å². The number of rotatable bonds is 3. The monoisotopic (exact) mass is 270 g/mol. The summed E-state index contributed by atoms with van der Waals surface area (Å²) in [7, 11) is 0. The third-order valence-corrected chi connectivity index (χ3v) is 4.24. The molecular weight excluding hydrogens is 248 g/mol. The number of carbonyl (C=O) groups is 1. The fourth-order valence-corrected chi connectivity index (χ4v) is 3.02. The van der Waals surface area contributed by atoms with Crippen LogP contribution in [0.5, 0.6) is 0 Å². The SMILES string of the molecule is CC1=CCC(Nc2cccc(N3CCCC3=O)c2)CC1. The molecule has 1 fully saturated rings. The van der Waals surface area contributed by atoms with Gasteiger partial charge in [0.05, 0.1) is 0 Å². The summed E-state index contributed by atoms with van der Waals surface area (Å²) in [6, 6.07) is 8.78. The first-order valence-electron chi connectivity index (χ1n) is 7.55. The molecule has 0 saturated carbocycles. The zero-order valence-corrected chi connectivity index (χ0v) is 12.1. The lowest BCUT2D eigenvalue weighted by Crippen LogP contribution is -2.24. The van der Waals surface area contributed by atoms with Gasteiger partial charge in [-0.2, -0.15) is 0 Å².